The first-order valence-electron chi connectivity index (χ1n) is 7.77. The molecule has 0 bridgehead atoms. The van der Waals surface area contributed by atoms with Crippen LogP contribution in [0.5, 0.6) is 0 Å². The highest BCUT2D eigenvalue weighted by Crippen LogP contribution is 2.30. The van der Waals surface area contributed by atoms with Crippen molar-refractivity contribution >= 4 is 5.91 Å². The quantitative estimate of drug-likeness (QED) is 0.848. The lowest BCUT2D eigenvalue weighted by molar-refractivity contribution is -0.129. The second-order valence-corrected chi connectivity index (χ2v) is 5.81. The molecule has 2 aliphatic heterocycles. The Bertz CT molecular complexity index is 500. The first-order valence-corrected chi connectivity index (χ1v) is 7.77. The predicted octanol–water partition coefficient (Wildman–Crippen LogP) is 1.60. The van der Waals surface area contributed by atoms with Crippen molar-refractivity contribution in [1.29, 1.82) is 0 Å². The van der Waals surface area contributed by atoms with Gasteiger partial charge in [-0.05, 0) is 25.0 Å². The number of carbonyl (C=O) groups excluding carboxylic acids is 1. The van der Waals surface area contributed by atoms with Crippen molar-refractivity contribution in [1.82, 2.24) is 14.8 Å². The predicted molar refractivity (Wildman–Crippen MR) is 79.7 cm³/mol. The molecular formula is C16H23N3O2. The molecule has 0 aliphatic carbocycles. The Morgan fingerprint density at radius 3 is 2.90 bits per heavy atom. The zero-order valence-electron chi connectivity index (χ0n) is 12.6. The monoisotopic (exact) mass is 289 g/mol. The average Bonchev–Trinajstić information content (AvgIpc) is 2.98. The maximum atomic E-state index is 11.7. The molecule has 1 atom stereocenters. The van der Waals surface area contributed by atoms with Crippen LogP contribution in [-0.2, 0) is 16.1 Å². The van der Waals surface area contributed by atoms with Gasteiger partial charge in [-0.15, -0.1) is 0 Å². The molecule has 1 amide bonds. The van der Waals surface area contributed by atoms with E-state index >= 15 is 0 Å². The second kappa shape index (κ2) is 6.54. The highest BCUT2D eigenvalue weighted by Gasteiger charge is 2.28. The minimum atomic E-state index is 0.151. The van der Waals surface area contributed by atoms with Crippen LogP contribution in [0.3, 0.4) is 0 Å². The van der Waals surface area contributed by atoms with Crippen LogP contribution in [0.25, 0.3) is 0 Å². The summed E-state index contributed by atoms with van der Waals surface area (Å²) in [4.78, 5) is 20.8. The van der Waals surface area contributed by atoms with Gasteiger partial charge in [0, 0.05) is 33.1 Å². The van der Waals surface area contributed by atoms with Gasteiger partial charge in [0.15, 0.2) is 0 Å². The molecule has 1 aromatic heterocycles. The second-order valence-electron chi connectivity index (χ2n) is 5.81. The summed E-state index contributed by atoms with van der Waals surface area (Å²) in [7, 11) is 0. The van der Waals surface area contributed by atoms with Gasteiger partial charge in [-0.2, -0.15) is 0 Å². The molecule has 5 nitrogen and oxygen atoms in total. The van der Waals surface area contributed by atoms with E-state index in [0.717, 1.165) is 63.6 Å². The molecule has 114 valence electrons. The van der Waals surface area contributed by atoms with Crippen molar-refractivity contribution in [2.24, 2.45) is 0 Å². The van der Waals surface area contributed by atoms with Crippen LogP contribution >= 0.6 is 0 Å². The lowest BCUT2D eigenvalue weighted by atomic mass is 10.1. The molecule has 21 heavy (non-hydrogen) atoms. The Hall–Kier alpha value is -1.46. The van der Waals surface area contributed by atoms with E-state index < -0.39 is 0 Å². The summed E-state index contributed by atoms with van der Waals surface area (Å²) in [6.07, 6.45) is 2.09. The van der Waals surface area contributed by atoms with E-state index in [9.17, 15) is 4.79 Å². The molecule has 0 aromatic carbocycles. The molecule has 1 aromatic rings. The van der Waals surface area contributed by atoms with Gasteiger partial charge in [-0.3, -0.25) is 14.7 Å². The van der Waals surface area contributed by atoms with Crippen molar-refractivity contribution < 1.29 is 9.53 Å². The van der Waals surface area contributed by atoms with Crippen LogP contribution in [-0.4, -0.2) is 53.5 Å². The number of amides is 1. The van der Waals surface area contributed by atoms with Crippen LogP contribution in [0.4, 0.5) is 0 Å². The van der Waals surface area contributed by atoms with Gasteiger partial charge >= 0.3 is 0 Å². The zero-order valence-corrected chi connectivity index (χ0v) is 12.6. The van der Waals surface area contributed by atoms with Crippen molar-refractivity contribution in [2.45, 2.75) is 32.4 Å². The molecule has 2 fully saturated rings. The summed E-state index contributed by atoms with van der Waals surface area (Å²) in [5.74, 6) is 0.151. The van der Waals surface area contributed by atoms with E-state index in [0.29, 0.717) is 0 Å². The molecule has 0 unspecified atom stereocenters. The van der Waals surface area contributed by atoms with Crippen molar-refractivity contribution in [3.05, 3.63) is 29.6 Å². The molecule has 3 rings (SSSR count). The van der Waals surface area contributed by atoms with Crippen molar-refractivity contribution in [3.8, 4) is 0 Å². The van der Waals surface area contributed by atoms with Crippen LogP contribution in [0, 0.1) is 0 Å². The highest BCUT2D eigenvalue weighted by molar-refractivity contribution is 5.74. The van der Waals surface area contributed by atoms with E-state index in [4.69, 9.17) is 9.72 Å². The maximum absolute atomic E-state index is 11.7. The SMILES string of the molecule is CC(=O)N1CCC[C@@H]1c1cccc(CN2CCOCC2)n1. The Balaban J connectivity index is 1.71. The number of nitrogens with zero attached hydrogens (tertiary/aromatic N) is 3. The smallest absolute Gasteiger partial charge is 0.220 e. The minimum absolute atomic E-state index is 0.151. The fraction of sp³-hybridized carbons (Fsp3) is 0.625. The normalized spacial score (nSPS) is 23.5. The molecule has 2 aliphatic rings. The summed E-state index contributed by atoms with van der Waals surface area (Å²) in [5, 5.41) is 0. The topological polar surface area (TPSA) is 45.7 Å². The molecule has 2 saturated heterocycles. The van der Waals surface area contributed by atoms with Crippen LogP contribution in [0.15, 0.2) is 18.2 Å². The van der Waals surface area contributed by atoms with Gasteiger partial charge in [0.05, 0.1) is 30.6 Å². The van der Waals surface area contributed by atoms with Gasteiger partial charge in [0.1, 0.15) is 0 Å². The number of hydrogen-bond acceptors (Lipinski definition) is 4. The van der Waals surface area contributed by atoms with Crippen molar-refractivity contribution in [3.63, 3.8) is 0 Å². The Morgan fingerprint density at radius 1 is 1.33 bits per heavy atom. The van der Waals surface area contributed by atoms with Gasteiger partial charge < -0.3 is 9.64 Å². The first kappa shape index (κ1) is 14.5. The lowest BCUT2D eigenvalue weighted by Crippen LogP contribution is -2.36. The third-order valence-corrected chi connectivity index (χ3v) is 4.32. The molecule has 0 N–H and O–H groups in total. The fourth-order valence-electron chi connectivity index (χ4n) is 3.21. The number of hydrogen-bond donors (Lipinski definition) is 0. The molecular weight excluding hydrogens is 266 g/mol. The van der Waals surface area contributed by atoms with Crippen LogP contribution in [0.2, 0.25) is 0 Å². The van der Waals surface area contributed by atoms with E-state index in [1.165, 1.54) is 0 Å². The summed E-state index contributed by atoms with van der Waals surface area (Å²) in [6, 6.07) is 6.35. The number of carbonyl (C=O) groups is 1. The number of rotatable bonds is 3. The largest absolute Gasteiger partial charge is 0.379 e. The van der Waals surface area contributed by atoms with Gasteiger partial charge in [-0.25, -0.2) is 0 Å². The summed E-state index contributed by atoms with van der Waals surface area (Å²) in [6.45, 7) is 6.92. The third kappa shape index (κ3) is 3.41. The van der Waals surface area contributed by atoms with E-state index in [1.807, 2.05) is 4.90 Å². The number of morpholine rings is 1. The van der Waals surface area contributed by atoms with Gasteiger partial charge in [-0.1, -0.05) is 6.07 Å². The Morgan fingerprint density at radius 2 is 2.14 bits per heavy atom. The zero-order chi connectivity index (χ0) is 14.7. The van der Waals surface area contributed by atoms with E-state index in [1.54, 1.807) is 6.92 Å². The summed E-state index contributed by atoms with van der Waals surface area (Å²) >= 11 is 0. The third-order valence-electron chi connectivity index (χ3n) is 4.32. The molecule has 0 radical (unpaired) electrons. The molecule has 0 spiro atoms. The number of pyridine rings is 1. The standard InChI is InChI=1S/C16H23N3O2/c1-13(20)19-7-3-6-16(19)15-5-2-4-14(17-15)12-18-8-10-21-11-9-18/h2,4-5,16H,3,6-12H2,1H3/t16-/m1/s1. The first-order chi connectivity index (χ1) is 10.2. The highest BCUT2D eigenvalue weighted by atomic mass is 16.5. The number of aromatic nitrogens is 1. The Kier molecular flexibility index (Phi) is 4.51. The molecule has 3 heterocycles. The number of ether oxygens (including phenoxy) is 1. The lowest BCUT2D eigenvalue weighted by Gasteiger charge is -2.27. The fourth-order valence-corrected chi connectivity index (χ4v) is 3.21. The van der Waals surface area contributed by atoms with E-state index in [-0.39, 0.29) is 11.9 Å². The average molecular weight is 289 g/mol. The molecule has 0 saturated carbocycles. The van der Waals surface area contributed by atoms with Gasteiger partial charge in [0.2, 0.25) is 5.91 Å². The van der Waals surface area contributed by atoms with Crippen molar-refractivity contribution in [2.75, 3.05) is 32.8 Å². The van der Waals surface area contributed by atoms with E-state index in [2.05, 4.69) is 23.1 Å². The molecule has 5 heteroatoms. The maximum Gasteiger partial charge on any atom is 0.220 e. The Labute approximate surface area is 125 Å². The minimum Gasteiger partial charge on any atom is -0.379 e. The van der Waals surface area contributed by atoms with Crippen LogP contribution < -0.4 is 0 Å². The summed E-state index contributed by atoms with van der Waals surface area (Å²) < 4.78 is 5.38. The van der Waals surface area contributed by atoms with Gasteiger partial charge in [0.25, 0.3) is 0 Å². The number of likely N-dealkylation sites (tertiary alicyclic amines) is 1. The van der Waals surface area contributed by atoms with Crippen LogP contribution in [0.1, 0.15) is 37.2 Å². The summed E-state index contributed by atoms with van der Waals surface area (Å²) in [5.41, 5.74) is 2.12.